The van der Waals surface area contributed by atoms with Crippen molar-refractivity contribution in [2.24, 2.45) is 0 Å². The van der Waals surface area contributed by atoms with Crippen LogP contribution in [0.2, 0.25) is 0 Å². The molecule has 5 aromatic carbocycles. The molecule has 9 aliphatic carbocycles. The van der Waals surface area contributed by atoms with Crippen molar-refractivity contribution in [2.45, 2.75) is 0 Å². The first-order chi connectivity index (χ1) is 17.8. The first kappa shape index (κ1) is 20.7. The summed E-state index contributed by atoms with van der Waals surface area (Å²) in [5.74, 6) is 0. The maximum atomic E-state index is 2.26. The molecule has 0 heterocycles. The number of fused-ring (bicyclic) bond motifs is 1. The van der Waals surface area contributed by atoms with Gasteiger partial charge in [-0.15, -0.1) is 0 Å². The fourth-order valence-corrected chi connectivity index (χ4v) is 5.12. The van der Waals surface area contributed by atoms with E-state index in [-0.39, 0.29) is 0 Å². The van der Waals surface area contributed by atoms with Gasteiger partial charge in [0.25, 0.3) is 0 Å². The molecule has 0 radical (unpaired) electrons. The van der Waals surface area contributed by atoms with Gasteiger partial charge < -0.3 is 0 Å². The Balaban J connectivity index is 1.34. The number of rotatable bonds is 0. The third-order valence-corrected chi connectivity index (χ3v) is 7.23. The first-order valence-corrected chi connectivity index (χ1v) is 12.4. The summed E-state index contributed by atoms with van der Waals surface area (Å²) in [5, 5.41) is 0. The third kappa shape index (κ3) is 3.83. The van der Waals surface area contributed by atoms with E-state index in [9.17, 15) is 0 Å². The van der Waals surface area contributed by atoms with Crippen LogP contribution in [0.1, 0.15) is 11.1 Å². The van der Waals surface area contributed by atoms with Crippen molar-refractivity contribution >= 4 is 11.6 Å². The molecule has 168 valence electrons. The van der Waals surface area contributed by atoms with Crippen LogP contribution >= 0.6 is 0 Å². The van der Waals surface area contributed by atoms with E-state index in [1.54, 1.807) is 0 Å². The lowest BCUT2D eigenvalue weighted by Gasteiger charge is -2.09. The largest absolute Gasteiger partial charge is 0.0543 e. The standard InChI is InChI=1S/C36H24/c1-4-27-5-2-25(1)23-26-3-6-36(24-26)35-21-19-34(20-22-35)33-17-15-32(16-18-33)31-13-11-30(12-14-31)29-9-7-28(27)8-10-29/h1-24H/b25-23?,26-23-,28-27?,30-29?,32-31?,34-33?,36-35?. The molecular weight excluding hydrogens is 432 g/mol. The van der Waals surface area contributed by atoms with Crippen LogP contribution in [0.15, 0.2) is 145 Å². The van der Waals surface area contributed by atoms with Crippen LogP contribution in [0, 0.1) is 0 Å². The minimum atomic E-state index is 1.21. The summed E-state index contributed by atoms with van der Waals surface area (Å²) >= 11 is 0. The molecule has 0 aromatic heterocycles. The second-order valence-corrected chi connectivity index (χ2v) is 9.51. The number of hydrogen-bond acceptors (Lipinski definition) is 0. The quantitative estimate of drug-likeness (QED) is 0.217. The fourth-order valence-electron chi connectivity index (χ4n) is 5.12. The van der Waals surface area contributed by atoms with Crippen molar-refractivity contribution in [3.63, 3.8) is 0 Å². The van der Waals surface area contributed by atoms with E-state index in [1.165, 1.54) is 66.8 Å². The lowest BCUT2D eigenvalue weighted by atomic mass is 9.96. The molecule has 0 nitrogen and oxygen atoms in total. The van der Waals surface area contributed by atoms with Gasteiger partial charge in [0.2, 0.25) is 0 Å². The van der Waals surface area contributed by atoms with E-state index < -0.39 is 0 Å². The molecular formula is C36H24. The van der Waals surface area contributed by atoms with Crippen molar-refractivity contribution in [3.8, 4) is 44.5 Å². The van der Waals surface area contributed by atoms with Gasteiger partial charge in [-0.1, -0.05) is 133 Å². The molecule has 36 heavy (non-hydrogen) atoms. The molecule has 5 aromatic rings. The smallest absolute Gasteiger partial charge is 0.0178 e. The SMILES string of the molecule is C1=C/C2=C/c3ccc(cc3)-c3ccc(cc3)-c3ccc(cc3)-c3ccc(cc3)-c3ccc(cc3)C1=C2. The minimum Gasteiger partial charge on any atom is -0.0543 e. The van der Waals surface area contributed by atoms with E-state index in [4.69, 9.17) is 0 Å². The highest BCUT2D eigenvalue weighted by Gasteiger charge is 2.08. The van der Waals surface area contributed by atoms with Gasteiger partial charge in [0.05, 0.1) is 0 Å². The summed E-state index contributed by atoms with van der Waals surface area (Å²) < 4.78 is 0. The topological polar surface area (TPSA) is 0 Å². The zero-order valence-corrected chi connectivity index (χ0v) is 19.9. The number of allylic oxidation sites excluding steroid dienone is 5. The third-order valence-electron chi connectivity index (χ3n) is 7.23. The lowest BCUT2D eigenvalue weighted by molar-refractivity contribution is 1.56. The molecule has 0 saturated carbocycles. The molecule has 0 spiro atoms. The van der Waals surface area contributed by atoms with Crippen molar-refractivity contribution in [3.05, 3.63) is 156 Å². The van der Waals surface area contributed by atoms with Gasteiger partial charge >= 0.3 is 0 Å². The van der Waals surface area contributed by atoms with Crippen LogP contribution in [0.25, 0.3) is 56.2 Å². The lowest BCUT2D eigenvalue weighted by Crippen LogP contribution is -1.84. The minimum absolute atomic E-state index is 1.21. The Bertz CT molecular complexity index is 1640. The van der Waals surface area contributed by atoms with E-state index in [0.717, 1.165) is 0 Å². The predicted octanol–water partition coefficient (Wildman–Crippen LogP) is 9.70. The molecule has 0 unspecified atom stereocenters. The highest BCUT2D eigenvalue weighted by atomic mass is 14.1. The van der Waals surface area contributed by atoms with Crippen LogP contribution in [0.4, 0.5) is 0 Å². The van der Waals surface area contributed by atoms with Gasteiger partial charge in [-0.2, -0.15) is 0 Å². The summed E-state index contributed by atoms with van der Waals surface area (Å²) in [6.07, 6.45) is 8.91. The average Bonchev–Trinajstić information content (AvgIpc) is 3.42. The Morgan fingerprint density at radius 3 is 0.917 bits per heavy atom. The maximum Gasteiger partial charge on any atom is -0.0178 e. The van der Waals surface area contributed by atoms with E-state index in [2.05, 4.69) is 146 Å². The first-order valence-electron chi connectivity index (χ1n) is 12.4. The Labute approximate surface area is 212 Å². The summed E-state index contributed by atoms with van der Waals surface area (Å²) in [5.41, 5.74) is 14.8. The monoisotopic (exact) mass is 456 g/mol. The Morgan fingerprint density at radius 1 is 0.250 bits per heavy atom. The highest BCUT2D eigenvalue weighted by Crippen LogP contribution is 2.32. The van der Waals surface area contributed by atoms with E-state index in [0.29, 0.717) is 0 Å². The summed E-state index contributed by atoms with van der Waals surface area (Å²) in [4.78, 5) is 0. The predicted molar refractivity (Wildman–Crippen MR) is 153 cm³/mol. The fraction of sp³-hybridized carbons (Fsp3) is 0. The zero-order valence-electron chi connectivity index (χ0n) is 19.9. The Hall–Kier alpha value is -4.68. The maximum absolute atomic E-state index is 2.26. The average molecular weight is 457 g/mol. The van der Waals surface area contributed by atoms with E-state index in [1.807, 2.05) is 0 Å². The molecule has 0 fully saturated rings. The molecule has 12 bridgehead atoms. The van der Waals surface area contributed by atoms with Gasteiger partial charge in [-0.25, -0.2) is 0 Å². The molecule has 0 heteroatoms. The molecule has 14 rings (SSSR count). The zero-order chi connectivity index (χ0) is 23.9. The van der Waals surface area contributed by atoms with Gasteiger partial charge in [-0.05, 0) is 78.9 Å². The molecule has 0 amide bonds. The number of benzene rings is 5. The second kappa shape index (κ2) is 8.52. The molecule has 9 aliphatic rings. The van der Waals surface area contributed by atoms with Crippen LogP contribution in [0.5, 0.6) is 0 Å². The molecule has 0 N–H and O–H groups in total. The van der Waals surface area contributed by atoms with Gasteiger partial charge in [-0.3, -0.25) is 0 Å². The second-order valence-electron chi connectivity index (χ2n) is 9.51. The summed E-state index contributed by atoms with van der Waals surface area (Å²) in [6.45, 7) is 0. The van der Waals surface area contributed by atoms with Crippen molar-refractivity contribution < 1.29 is 0 Å². The number of hydrogen-bond donors (Lipinski definition) is 0. The van der Waals surface area contributed by atoms with Crippen LogP contribution in [-0.4, -0.2) is 0 Å². The van der Waals surface area contributed by atoms with E-state index >= 15 is 0 Å². The molecule has 0 atom stereocenters. The van der Waals surface area contributed by atoms with Gasteiger partial charge in [0.1, 0.15) is 0 Å². The van der Waals surface area contributed by atoms with Crippen molar-refractivity contribution in [1.82, 2.24) is 0 Å². The van der Waals surface area contributed by atoms with Crippen LogP contribution in [0.3, 0.4) is 0 Å². The van der Waals surface area contributed by atoms with Crippen molar-refractivity contribution in [2.75, 3.05) is 0 Å². The van der Waals surface area contributed by atoms with Crippen LogP contribution in [-0.2, 0) is 0 Å². The van der Waals surface area contributed by atoms with Crippen LogP contribution < -0.4 is 0 Å². The summed E-state index contributed by atoms with van der Waals surface area (Å²) in [6, 6.07) is 44.3. The Morgan fingerprint density at radius 2 is 0.556 bits per heavy atom. The van der Waals surface area contributed by atoms with Gasteiger partial charge in [0, 0.05) is 0 Å². The summed E-state index contributed by atoms with van der Waals surface area (Å²) in [7, 11) is 0. The van der Waals surface area contributed by atoms with Gasteiger partial charge in [0.15, 0.2) is 0 Å². The highest BCUT2D eigenvalue weighted by molar-refractivity contribution is 5.85. The van der Waals surface area contributed by atoms with Crippen molar-refractivity contribution in [1.29, 1.82) is 0 Å². The normalized spacial score (nSPS) is 14.7. The Kier molecular flexibility index (Phi) is 4.89. The molecule has 0 saturated heterocycles. The molecule has 0 aliphatic heterocycles.